The number of aliphatic hydroxyl groups is 1. The van der Waals surface area contributed by atoms with Crippen molar-refractivity contribution in [1.29, 1.82) is 0 Å². The van der Waals surface area contributed by atoms with Crippen LogP contribution in [0.4, 0.5) is 0 Å². The Morgan fingerprint density at radius 3 is 2.78 bits per heavy atom. The van der Waals surface area contributed by atoms with Crippen LogP contribution in [0.2, 0.25) is 0 Å². The Labute approximate surface area is 135 Å². The molecule has 1 saturated carbocycles. The molecule has 1 N–H and O–H groups in total. The van der Waals surface area contributed by atoms with Gasteiger partial charge in [0, 0.05) is 24.0 Å². The summed E-state index contributed by atoms with van der Waals surface area (Å²) < 4.78 is 0. The summed E-state index contributed by atoms with van der Waals surface area (Å²) in [5.74, 6) is 0.566. The highest BCUT2D eigenvalue weighted by atomic mass is 16.3. The molecule has 3 atom stereocenters. The first-order valence-electron chi connectivity index (χ1n) is 8.42. The summed E-state index contributed by atoms with van der Waals surface area (Å²) in [6.07, 6.45) is 8.87. The van der Waals surface area contributed by atoms with Gasteiger partial charge in [0.2, 0.25) is 0 Å². The summed E-state index contributed by atoms with van der Waals surface area (Å²) in [6.45, 7) is 0.0477. The van der Waals surface area contributed by atoms with Crippen molar-refractivity contribution in [1.82, 2.24) is 14.9 Å². The zero-order valence-corrected chi connectivity index (χ0v) is 13.1. The average molecular weight is 311 g/mol. The molecule has 4 rings (SSSR count). The Kier molecular flexibility index (Phi) is 3.73. The van der Waals surface area contributed by atoms with Crippen LogP contribution in [0.1, 0.15) is 42.5 Å². The van der Waals surface area contributed by atoms with Crippen molar-refractivity contribution in [2.45, 2.75) is 44.2 Å². The number of carbonyl (C=O) groups is 1. The van der Waals surface area contributed by atoms with Crippen LogP contribution >= 0.6 is 0 Å². The summed E-state index contributed by atoms with van der Waals surface area (Å²) in [7, 11) is 0. The van der Waals surface area contributed by atoms with Crippen LogP contribution in [0, 0.1) is 5.92 Å². The van der Waals surface area contributed by atoms with Crippen LogP contribution in [0.3, 0.4) is 0 Å². The SMILES string of the molecule is O=C(c1ccc2nccnc2c1)N1[C@H](CO)C[C@@H]2CCCC[C@@H]21. The van der Waals surface area contributed by atoms with Crippen LogP contribution in [0.25, 0.3) is 11.0 Å². The van der Waals surface area contributed by atoms with Crippen molar-refractivity contribution in [2.24, 2.45) is 5.92 Å². The second-order valence-corrected chi connectivity index (χ2v) is 6.66. The molecule has 1 aliphatic heterocycles. The van der Waals surface area contributed by atoms with Gasteiger partial charge in [-0.3, -0.25) is 14.8 Å². The van der Waals surface area contributed by atoms with E-state index in [1.807, 2.05) is 23.1 Å². The van der Waals surface area contributed by atoms with Crippen molar-refractivity contribution >= 4 is 16.9 Å². The van der Waals surface area contributed by atoms with Gasteiger partial charge in [-0.2, -0.15) is 0 Å². The second-order valence-electron chi connectivity index (χ2n) is 6.66. The molecule has 1 saturated heterocycles. The lowest BCUT2D eigenvalue weighted by Gasteiger charge is -2.33. The number of benzene rings is 1. The number of hydrogen-bond donors (Lipinski definition) is 1. The maximum Gasteiger partial charge on any atom is 0.254 e. The van der Waals surface area contributed by atoms with E-state index in [0.29, 0.717) is 11.5 Å². The van der Waals surface area contributed by atoms with Crippen LogP contribution in [-0.4, -0.2) is 44.6 Å². The van der Waals surface area contributed by atoms with Crippen molar-refractivity contribution < 1.29 is 9.90 Å². The van der Waals surface area contributed by atoms with Gasteiger partial charge in [-0.1, -0.05) is 12.8 Å². The van der Waals surface area contributed by atoms with E-state index >= 15 is 0 Å². The third kappa shape index (κ3) is 2.49. The molecule has 0 unspecified atom stereocenters. The number of amides is 1. The summed E-state index contributed by atoms with van der Waals surface area (Å²) in [6, 6.07) is 5.72. The molecule has 2 aromatic rings. The molecule has 23 heavy (non-hydrogen) atoms. The summed E-state index contributed by atoms with van der Waals surface area (Å²) in [5, 5.41) is 9.73. The van der Waals surface area contributed by atoms with E-state index in [9.17, 15) is 9.90 Å². The summed E-state index contributed by atoms with van der Waals surface area (Å²) in [5.41, 5.74) is 2.17. The maximum absolute atomic E-state index is 13.1. The van der Waals surface area contributed by atoms with Gasteiger partial charge in [-0.25, -0.2) is 0 Å². The van der Waals surface area contributed by atoms with Crippen LogP contribution in [0.5, 0.6) is 0 Å². The lowest BCUT2D eigenvalue weighted by Crippen LogP contribution is -2.44. The highest BCUT2D eigenvalue weighted by Gasteiger charge is 2.44. The number of rotatable bonds is 2. The fourth-order valence-corrected chi connectivity index (χ4v) is 4.29. The topological polar surface area (TPSA) is 66.3 Å². The fraction of sp³-hybridized carbons (Fsp3) is 0.500. The third-order valence-corrected chi connectivity index (χ3v) is 5.36. The Bertz CT molecular complexity index is 733. The van der Waals surface area contributed by atoms with Crippen molar-refractivity contribution in [3.8, 4) is 0 Å². The van der Waals surface area contributed by atoms with Gasteiger partial charge in [0.1, 0.15) is 0 Å². The van der Waals surface area contributed by atoms with E-state index in [1.165, 1.54) is 19.3 Å². The van der Waals surface area contributed by atoms with Crippen molar-refractivity contribution in [3.05, 3.63) is 36.2 Å². The quantitative estimate of drug-likeness (QED) is 0.925. The van der Waals surface area contributed by atoms with Gasteiger partial charge in [0.25, 0.3) is 5.91 Å². The normalized spacial score (nSPS) is 27.2. The molecular weight excluding hydrogens is 290 g/mol. The molecule has 1 amide bonds. The Morgan fingerprint density at radius 2 is 1.96 bits per heavy atom. The fourth-order valence-electron chi connectivity index (χ4n) is 4.29. The molecule has 120 valence electrons. The number of nitrogens with zero attached hydrogens (tertiary/aromatic N) is 3. The molecule has 0 spiro atoms. The zero-order valence-electron chi connectivity index (χ0n) is 13.1. The van der Waals surface area contributed by atoms with Crippen molar-refractivity contribution in [3.63, 3.8) is 0 Å². The molecule has 0 bridgehead atoms. The third-order valence-electron chi connectivity index (χ3n) is 5.36. The van der Waals surface area contributed by atoms with E-state index in [0.717, 1.165) is 23.9 Å². The number of aromatic nitrogens is 2. The smallest absolute Gasteiger partial charge is 0.254 e. The Balaban J connectivity index is 1.67. The van der Waals surface area contributed by atoms with Crippen molar-refractivity contribution in [2.75, 3.05) is 6.61 Å². The lowest BCUT2D eigenvalue weighted by molar-refractivity contribution is 0.0553. The maximum atomic E-state index is 13.1. The van der Waals surface area contributed by atoms with Crippen LogP contribution in [-0.2, 0) is 0 Å². The Hall–Kier alpha value is -2.01. The molecule has 2 fully saturated rings. The van der Waals surface area contributed by atoms with Gasteiger partial charge >= 0.3 is 0 Å². The van der Waals surface area contributed by atoms with E-state index in [4.69, 9.17) is 0 Å². The number of aliphatic hydroxyl groups excluding tert-OH is 1. The average Bonchev–Trinajstić information content (AvgIpc) is 2.99. The minimum absolute atomic E-state index is 0.0194. The number of hydrogen-bond acceptors (Lipinski definition) is 4. The molecule has 2 aliphatic rings. The zero-order chi connectivity index (χ0) is 15.8. The molecule has 0 radical (unpaired) electrons. The second kappa shape index (κ2) is 5.89. The predicted molar refractivity (Wildman–Crippen MR) is 86.9 cm³/mol. The minimum Gasteiger partial charge on any atom is -0.394 e. The van der Waals surface area contributed by atoms with Gasteiger partial charge in [-0.15, -0.1) is 0 Å². The number of carbonyl (C=O) groups excluding carboxylic acids is 1. The molecule has 2 heterocycles. The van der Waals surface area contributed by atoms with Gasteiger partial charge in [0.15, 0.2) is 0 Å². The molecule has 1 aliphatic carbocycles. The monoisotopic (exact) mass is 311 g/mol. The van der Waals surface area contributed by atoms with E-state index < -0.39 is 0 Å². The summed E-state index contributed by atoms with van der Waals surface area (Å²) >= 11 is 0. The highest BCUT2D eigenvalue weighted by molar-refractivity contribution is 5.97. The molecule has 5 nitrogen and oxygen atoms in total. The number of likely N-dealkylation sites (tertiary alicyclic amines) is 1. The van der Waals surface area contributed by atoms with Crippen LogP contribution in [0.15, 0.2) is 30.6 Å². The highest BCUT2D eigenvalue weighted by Crippen LogP contribution is 2.40. The summed E-state index contributed by atoms with van der Waals surface area (Å²) in [4.78, 5) is 23.6. The van der Waals surface area contributed by atoms with E-state index in [-0.39, 0.29) is 24.6 Å². The van der Waals surface area contributed by atoms with Gasteiger partial charge in [0.05, 0.1) is 23.7 Å². The van der Waals surface area contributed by atoms with E-state index in [2.05, 4.69) is 9.97 Å². The van der Waals surface area contributed by atoms with Gasteiger partial charge in [-0.05, 0) is 43.4 Å². The first kappa shape index (κ1) is 14.6. The minimum atomic E-state index is -0.0480. The first-order chi connectivity index (χ1) is 11.3. The molecule has 5 heteroatoms. The number of fused-ring (bicyclic) bond motifs is 2. The van der Waals surface area contributed by atoms with Crippen LogP contribution < -0.4 is 0 Å². The standard InChI is InChI=1S/C18H21N3O2/c22-11-14-9-12-3-1-2-4-17(12)21(14)18(23)13-5-6-15-16(10-13)20-8-7-19-15/h5-8,10,12,14,17,22H,1-4,9,11H2/t12-,14-,17-/m0/s1. The largest absolute Gasteiger partial charge is 0.394 e. The Morgan fingerprint density at radius 1 is 1.17 bits per heavy atom. The molecule has 1 aromatic heterocycles. The predicted octanol–water partition coefficient (Wildman–Crippen LogP) is 2.40. The lowest BCUT2D eigenvalue weighted by atomic mass is 9.84. The van der Waals surface area contributed by atoms with Gasteiger partial charge < -0.3 is 10.0 Å². The molecular formula is C18H21N3O2. The molecule has 1 aromatic carbocycles. The first-order valence-corrected chi connectivity index (χ1v) is 8.42. The van der Waals surface area contributed by atoms with E-state index in [1.54, 1.807) is 12.4 Å².